The van der Waals surface area contributed by atoms with Crippen LogP contribution in [0.4, 0.5) is 0 Å². The van der Waals surface area contributed by atoms with Gasteiger partial charge in [0, 0.05) is 0 Å². The monoisotopic (exact) mass is 228 g/mol. The first kappa shape index (κ1) is 18.5. The van der Waals surface area contributed by atoms with E-state index >= 15 is 0 Å². The molecule has 10 heteroatoms. The van der Waals surface area contributed by atoms with Crippen LogP contribution in [0.1, 0.15) is 1.43 Å². The Morgan fingerprint density at radius 3 is 1.08 bits per heavy atom. The molecular weight excluding hydrogens is 222 g/mol. The van der Waals surface area contributed by atoms with Crippen molar-refractivity contribution in [1.82, 2.24) is 0 Å². The summed E-state index contributed by atoms with van der Waals surface area (Å²) in [5, 5.41) is 14.8. The summed E-state index contributed by atoms with van der Waals surface area (Å²) in [6.45, 7) is 0. The third-order valence-electron chi connectivity index (χ3n) is 0.183. The van der Waals surface area contributed by atoms with Crippen molar-refractivity contribution in [1.29, 1.82) is 0 Å². The number of carboxylic acid groups (broad SMARTS) is 2. The van der Waals surface area contributed by atoms with Crippen molar-refractivity contribution < 1.29 is 91.9 Å². The number of rotatable bonds is 0. The summed E-state index contributed by atoms with van der Waals surface area (Å²) >= 11 is 0. The molecule has 0 heterocycles. The maximum absolute atomic E-state index is 9.10. The Labute approximate surface area is 110 Å². The summed E-state index contributed by atoms with van der Waals surface area (Å²) in [7, 11) is -4.64. The zero-order valence-electron chi connectivity index (χ0n) is 6.91. The second-order valence-electron chi connectivity index (χ2n) is 1.12. The van der Waals surface area contributed by atoms with Crippen LogP contribution in [-0.4, -0.2) is 36.8 Å². The molecule has 5 N–H and O–H groups in total. The van der Waals surface area contributed by atoms with Crippen LogP contribution >= 0.6 is 7.82 Å². The minimum Gasteiger partial charge on any atom is -1.00 e. The molecule has 8 nitrogen and oxygen atoms in total. The Hall–Kier alpha value is 0.686. The Morgan fingerprint density at radius 1 is 1.00 bits per heavy atom. The zero-order valence-corrected chi connectivity index (χ0v) is 9.93. The van der Waals surface area contributed by atoms with Gasteiger partial charge in [-0.25, -0.2) is 14.2 Å². The summed E-state index contributed by atoms with van der Waals surface area (Å²) in [5.74, 6) is -3.65. The van der Waals surface area contributed by atoms with Gasteiger partial charge in [-0.1, -0.05) is 0 Å². The Bertz CT molecular complexity index is 178. The molecule has 0 unspecified atom stereocenters. The fraction of sp³-hybridized carbons (Fsp3) is 0. The molecule has 0 rings (SSSR count). The normalized spacial score (nSPS) is 8.58. The summed E-state index contributed by atoms with van der Waals surface area (Å²) in [6, 6.07) is 0. The van der Waals surface area contributed by atoms with Crippen molar-refractivity contribution in [2.45, 2.75) is 0 Å². The minimum absolute atomic E-state index is 0. The van der Waals surface area contributed by atoms with Crippen LogP contribution in [0.5, 0.6) is 0 Å². The predicted molar refractivity (Wildman–Crippen MR) is 30.6 cm³/mol. The smallest absolute Gasteiger partial charge is 1.00 e. The standard InChI is InChI=1S/C2H2O4.K.H3O4P.H/c3-1(4)2(5)6;;1-5(2,3)4;/h(H,3,4)(H,5,6);;(H3,1,2,3,4);/q;+1;;-1. The van der Waals surface area contributed by atoms with Crippen LogP contribution < -0.4 is 51.4 Å². The van der Waals surface area contributed by atoms with Gasteiger partial charge in [0.15, 0.2) is 0 Å². The topological polar surface area (TPSA) is 152 Å². The van der Waals surface area contributed by atoms with Gasteiger partial charge in [-0.3, -0.25) is 0 Å². The van der Waals surface area contributed by atoms with Gasteiger partial charge in [0.25, 0.3) is 0 Å². The Morgan fingerprint density at radius 2 is 1.08 bits per heavy atom. The fourth-order valence-electron chi connectivity index (χ4n) is 0. The first-order chi connectivity index (χ1) is 4.64. The molecular formula is C2H6KO8P. The number of carbonyl (C=O) groups is 2. The molecule has 0 atom stereocenters. The molecule has 0 saturated heterocycles. The summed E-state index contributed by atoms with van der Waals surface area (Å²) in [4.78, 5) is 39.8. The van der Waals surface area contributed by atoms with Gasteiger partial charge in [-0.15, -0.1) is 0 Å². The molecule has 0 saturated carbocycles. The average Bonchev–Trinajstić information content (AvgIpc) is 1.59. The van der Waals surface area contributed by atoms with E-state index in [0.29, 0.717) is 0 Å². The van der Waals surface area contributed by atoms with Crippen molar-refractivity contribution in [3.63, 3.8) is 0 Å². The average molecular weight is 228 g/mol. The molecule has 0 spiro atoms. The van der Waals surface area contributed by atoms with Crippen LogP contribution in [0.15, 0.2) is 0 Å². The van der Waals surface area contributed by atoms with Gasteiger partial charge in [0.2, 0.25) is 0 Å². The van der Waals surface area contributed by atoms with E-state index in [0.717, 1.165) is 0 Å². The number of hydrogen-bond donors (Lipinski definition) is 5. The van der Waals surface area contributed by atoms with Crippen molar-refractivity contribution in [2.75, 3.05) is 0 Å². The van der Waals surface area contributed by atoms with Gasteiger partial charge >= 0.3 is 71.1 Å². The van der Waals surface area contributed by atoms with Crippen molar-refractivity contribution in [2.24, 2.45) is 0 Å². The van der Waals surface area contributed by atoms with Gasteiger partial charge in [-0.05, 0) is 0 Å². The van der Waals surface area contributed by atoms with Crippen LogP contribution in [0.2, 0.25) is 0 Å². The van der Waals surface area contributed by atoms with Crippen molar-refractivity contribution in [3.05, 3.63) is 0 Å². The van der Waals surface area contributed by atoms with Gasteiger partial charge in [0.05, 0.1) is 0 Å². The molecule has 68 valence electrons. The first-order valence-corrected chi connectivity index (χ1v) is 3.45. The summed E-state index contributed by atoms with van der Waals surface area (Å²) in [6.07, 6.45) is 0. The molecule has 0 fully saturated rings. The predicted octanol–water partition coefficient (Wildman–Crippen LogP) is -4.66. The van der Waals surface area contributed by atoms with Gasteiger partial charge in [-0.2, -0.15) is 0 Å². The third kappa shape index (κ3) is 45.7. The van der Waals surface area contributed by atoms with Crippen LogP contribution in [0.3, 0.4) is 0 Å². The maximum Gasteiger partial charge on any atom is 1.00 e. The quantitative estimate of drug-likeness (QED) is 0.157. The molecule has 0 radical (unpaired) electrons. The zero-order chi connectivity index (χ0) is 9.65. The van der Waals surface area contributed by atoms with Crippen LogP contribution in [0, 0.1) is 0 Å². The number of carboxylic acids is 2. The second-order valence-corrected chi connectivity index (χ2v) is 2.15. The molecule has 0 aliphatic heterocycles. The van der Waals surface area contributed by atoms with E-state index in [4.69, 9.17) is 39.0 Å². The summed E-state index contributed by atoms with van der Waals surface area (Å²) < 4.78 is 8.88. The number of phosphoric acid groups is 1. The largest absolute Gasteiger partial charge is 1.00 e. The van der Waals surface area contributed by atoms with E-state index in [1.807, 2.05) is 0 Å². The van der Waals surface area contributed by atoms with E-state index in [9.17, 15) is 0 Å². The number of hydrogen-bond acceptors (Lipinski definition) is 3. The molecule has 0 aromatic heterocycles. The number of aliphatic carboxylic acids is 2. The Kier molecular flexibility index (Phi) is 12.8. The minimum atomic E-state index is -4.64. The molecule has 0 bridgehead atoms. The van der Waals surface area contributed by atoms with E-state index in [-0.39, 0.29) is 52.8 Å². The molecule has 0 amide bonds. The van der Waals surface area contributed by atoms with E-state index in [2.05, 4.69) is 0 Å². The van der Waals surface area contributed by atoms with Crippen LogP contribution in [-0.2, 0) is 14.2 Å². The van der Waals surface area contributed by atoms with Crippen molar-refractivity contribution in [3.8, 4) is 0 Å². The molecule has 0 aliphatic rings. The fourth-order valence-corrected chi connectivity index (χ4v) is 0. The van der Waals surface area contributed by atoms with E-state index in [1.165, 1.54) is 0 Å². The second kappa shape index (κ2) is 8.29. The van der Waals surface area contributed by atoms with Gasteiger partial charge in [0.1, 0.15) is 0 Å². The first-order valence-electron chi connectivity index (χ1n) is 1.89. The van der Waals surface area contributed by atoms with Crippen LogP contribution in [0.25, 0.3) is 0 Å². The van der Waals surface area contributed by atoms with Gasteiger partial charge < -0.3 is 26.3 Å². The molecule has 0 aromatic rings. The SMILES string of the molecule is O=C(O)C(=O)O.O=P(O)(O)O.[H-].[K+]. The third-order valence-corrected chi connectivity index (χ3v) is 0.183. The molecule has 12 heavy (non-hydrogen) atoms. The maximum atomic E-state index is 9.10. The summed E-state index contributed by atoms with van der Waals surface area (Å²) in [5.41, 5.74) is 0. The van der Waals surface area contributed by atoms with E-state index in [1.54, 1.807) is 0 Å². The Balaban J connectivity index is -0.0000000546. The molecule has 0 aliphatic carbocycles. The van der Waals surface area contributed by atoms with Crippen molar-refractivity contribution >= 4 is 19.8 Å². The van der Waals surface area contributed by atoms with E-state index < -0.39 is 19.8 Å². The molecule has 0 aromatic carbocycles.